The molecule has 3 rings (SSSR count). The lowest BCUT2D eigenvalue weighted by molar-refractivity contribution is -0.135. The van der Waals surface area contributed by atoms with Crippen LogP contribution in [0.3, 0.4) is 0 Å². The zero-order valence-corrected chi connectivity index (χ0v) is 13.1. The molecule has 2 amide bonds. The molecule has 22 heavy (non-hydrogen) atoms. The van der Waals surface area contributed by atoms with Gasteiger partial charge in [0.25, 0.3) is 0 Å². The van der Waals surface area contributed by atoms with E-state index >= 15 is 0 Å². The molecule has 2 aliphatic rings. The number of thioether (sulfide) groups is 1. The van der Waals surface area contributed by atoms with Crippen LogP contribution >= 0.6 is 11.8 Å². The molecule has 1 unspecified atom stereocenters. The standard InChI is InChI=1S/C14H19N5O2S/c20-12-2-9-22-10-11(17-12)13(21)18-5-7-19(8-6-18)14-15-3-1-4-16-14/h1,3-4,11H,2,5-10H2,(H,17,20). The van der Waals surface area contributed by atoms with Gasteiger partial charge in [0, 0.05) is 56.5 Å². The molecule has 0 aliphatic carbocycles. The largest absolute Gasteiger partial charge is 0.343 e. The molecule has 3 heterocycles. The minimum absolute atomic E-state index is 0.0244. The highest BCUT2D eigenvalue weighted by Gasteiger charge is 2.30. The molecule has 1 aromatic rings. The number of aromatic nitrogens is 2. The van der Waals surface area contributed by atoms with E-state index in [1.165, 1.54) is 0 Å². The summed E-state index contributed by atoms with van der Waals surface area (Å²) in [6, 6.07) is 1.40. The fourth-order valence-corrected chi connectivity index (χ4v) is 3.57. The van der Waals surface area contributed by atoms with Crippen molar-refractivity contribution in [2.45, 2.75) is 12.5 Å². The highest BCUT2D eigenvalue weighted by molar-refractivity contribution is 7.99. The van der Waals surface area contributed by atoms with Gasteiger partial charge in [0.05, 0.1) is 0 Å². The normalized spacial score (nSPS) is 22.9. The first kappa shape index (κ1) is 15.1. The van der Waals surface area contributed by atoms with Crippen LogP contribution < -0.4 is 10.2 Å². The van der Waals surface area contributed by atoms with E-state index < -0.39 is 0 Å². The van der Waals surface area contributed by atoms with Crippen LogP contribution in [0.5, 0.6) is 0 Å². The molecule has 0 radical (unpaired) electrons. The molecule has 0 bridgehead atoms. The molecule has 0 spiro atoms. The molecule has 0 saturated carbocycles. The Kier molecular flexibility index (Phi) is 4.77. The summed E-state index contributed by atoms with van der Waals surface area (Å²) in [5.41, 5.74) is 0. The van der Waals surface area contributed by atoms with Gasteiger partial charge in [-0.15, -0.1) is 0 Å². The number of anilines is 1. The highest BCUT2D eigenvalue weighted by atomic mass is 32.2. The van der Waals surface area contributed by atoms with Gasteiger partial charge in [0.15, 0.2) is 0 Å². The second kappa shape index (κ2) is 6.95. The van der Waals surface area contributed by atoms with Crippen molar-refractivity contribution < 1.29 is 9.59 Å². The second-order valence-electron chi connectivity index (χ2n) is 5.31. The third-order valence-corrected chi connectivity index (χ3v) is 4.88. The fourth-order valence-electron chi connectivity index (χ4n) is 2.61. The van der Waals surface area contributed by atoms with E-state index in [4.69, 9.17) is 0 Å². The van der Waals surface area contributed by atoms with E-state index in [1.54, 1.807) is 30.2 Å². The first-order valence-electron chi connectivity index (χ1n) is 7.42. The lowest BCUT2D eigenvalue weighted by atomic mass is 10.2. The van der Waals surface area contributed by atoms with Crippen molar-refractivity contribution in [3.05, 3.63) is 18.5 Å². The summed E-state index contributed by atoms with van der Waals surface area (Å²) in [4.78, 5) is 36.5. The van der Waals surface area contributed by atoms with Gasteiger partial charge in [-0.2, -0.15) is 11.8 Å². The molecule has 1 aromatic heterocycles. The SMILES string of the molecule is O=C1CCSCC(C(=O)N2CCN(c3ncccn3)CC2)N1. The summed E-state index contributed by atoms with van der Waals surface area (Å²) in [5.74, 6) is 2.14. The van der Waals surface area contributed by atoms with E-state index in [0.29, 0.717) is 44.3 Å². The predicted octanol–water partition coefficient (Wildman–Crippen LogP) is -0.253. The molecular formula is C14H19N5O2S. The van der Waals surface area contributed by atoms with E-state index in [2.05, 4.69) is 20.2 Å². The smallest absolute Gasteiger partial charge is 0.246 e. The Morgan fingerprint density at radius 1 is 1.23 bits per heavy atom. The lowest BCUT2D eigenvalue weighted by Crippen LogP contribution is -2.55. The maximum Gasteiger partial charge on any atom is 0.246 e. The number of piperazine rings is 1. The van der Waals surface area contributed by atoms with Crippen LogP contribution in [0.25, 0.3) is 0 Å². The zero-order valence-electron chi connectivity index (χ0n) is 12.3. The summed E-state index contributed by atoms with van der Waals surface area (Å²) in [7, 11) is 0. The van der Waals surface area contributed by atoms with Gasteiger partial charge in [-0.3, -0.25) is 9.59 Å². The van der Waals surface area contributed by atoms with Gasteiger partial charge in [0.2, 0.25) is 17.8 Å². The monoisotopic (exact) mass is 321 g/mol. The first-order valence-corrected chi connectivity index (χ1v) is 8.57. The topological polar surface area (TPSA) is 78.4 Å². The number of rotatable bonds is 2. The minimum Gasteiger partial charge on any atom is -0.343 e. The van der Waals surface area contributed by atoms with E-state index in [-0.39, 0.29) is 17.9 Å². The number of nitrogens with one attached hydrogen (secondary N) is 1. The zero-order chi connectivity index (χ0) is 15.4. The van der Waals surface area contributed by atoms with Crippen LogP contribution in [-0.2, 0) is 9.59 Å². The summed E-state index contributed by atoms with van der Waals surface area (Å²) < 4.78 is 0. The van der Waals surface area contributed by atoms with Gasteiger partial charge in [-0.1, -0.05) is 0 Å². The number of amides is 2. The van der Waals surface area contributed by atoms with E-state index in [9.17, 15) is 9.59 Å². The maximum atomic E-state index is 12.5. The number of hydrogen-bond acceptors (Lipinski definition) is 6. The molecular weight excluding hydrogens is 302 g/mol. The molecule has 0 aromatic carbocycles. The maximum absolute atomic E-state index is 12.5. The molecule has 1 atom stereocenters. The molecule has 2 aliphatic heterocycles. The number of hydrogen-bond donors (Lipinski definition) is 1. The van der Waals surface area contributed by atoms with Crippen LogP contribution in [-0.4, -0.2) is 70.4 Å². The van der Waals surface area contributed by atoms with Crippen LogP contribution in [0.1, 0.15) is 6.42 Å². The van der Waals surface area contributed by atoms with Gasteiger partial charge < -0.3 is 15.1 Å². The third kappa shape index (κ3) is 3.49. The first-order chi connectivity index (χ1) is 10.7. The molecule has 2 saturated heterocycles. The van der Waals surface area contributed by atoms with Crippen molar-refractivity contribution in [3.63, 3.8) is 0 Å². The summed E-state index contributed by atoms with van der Waals surface area (Å²) >= 11 is 1.66. The molecule has 118 valence electrons. The fraction of sp³-hybridized carbons (Fsp3) is 0.571. The van der Waals surface area contributed by atoms with Gasteiger partial charge in [-0.05, 0) is 6.07 Å². The minimum atomic E-state index is -0.389. The summed E-state index contributed by atoms with van der Waals surface area (Å²) in [6.07, 6.45) is 3.93. The Balaban J connectivity index is 1.56. The Morgan fingerprint density at radius 2 is 1.95 bits per heavy atom. The van der Waals surface area contributed by atoms with Gasteiger partial charge >= 0.3 is 0 Å². The van der Waals surface area contributed by atoms with E-state index in [0.717, 1.165) is 5.75 Å². The van der Waals surface area contributed by atoms with E-state index in [1.807, 2.05) is 4.90 Å². The molecule has 2 fully saturated rings. The quantitative estimate of drug-likeness (QED) is 0.809. The van der Waals surface area contributed by atoms with Crippen LogP contribution in [0.4, 0.5) is 5.95 Å². The van der Waals surface area contributed by atoms with Gasteiger partial charge in [-0.25, -0.2) is 9.97 Å². The van der Waals surface area contributed by atoms with Crippen LogP contribution in [0, 0.1) is 0 Å². The average Bonchev–Trinajstić information content (AvgIpc) is 2.80. The molecule has 8 heteroatoms. The molecule has 7 nitrogen and oxygen atoms in total. The van der Waals surface area contributed by atoms with Crippen molar-refractivity contribution in [2.24, 2.45) is 0 Å². The Hall–Kier alpha value is -1.83. The second-order valence-corrected chi connectivity index (χ2v) is 6.46. The number of nitrogens with zero attached hydrogens (tertiary/aromatic N) is 4. The highest BCUT2D eigenvalue weighted by Crippen LogP contribution is 2.14. The third-order valence-electron chi connectivity index (χ3n) is 3.82. The Labute approximate surface area is 133 Å². The summed E-state index contributed by atoms with van der Waals surface area (Å²) in [6.45, 7) is 2.69. The number of carbonyl (C=O) groups is 2. The average molecular weight is 321 g/mol. The van der Waals surface area contributed by atoms with Crippen molar-refractivity contribution in [1.82, 2.24) is 20.2 Å². The van der Waals surface area contributed by atoms with Crippen molar-refractivity contribution >= 4 is 29.5 Å². The Bertz CT molecular complexity index is 533. The molecule has 1 N–H and O–H groups in total. The van der Waals surface area contributed by atoms with Gasteiger partial charge in [0.1, 0.15) is 6.04 Å². The number of carbonyl (C=O) groups excluding carboxylic acids is 2. The van der Waals surface area contributed by atoms with Crippen molar-refractivity contribution in [3.8, 4) is 0 Å². The summed E-state index contributed by atoms with van der Waals surface area (Å²) in [5, 5.41) is 2.83. The predicted molar refractivity (Wildman–Crippen MR) is 84.7 cm³/mol. The van der Waals surface area contributed by atoms with Crippen LogP contribution in [0.15, 0.2) is 18.5 Å². The lowest BCUT2D eigenvalue weighted by Gasteiger charge is -2.36. The van der Waals surface area contributed by atoms with Crippen molar-refractivity contribution in [1.29, 1.82) is 0 Å². The van der Waals surface area contributed by atoms with Crippen molar-refractivity contribution in [2.75, 3.05) is 42.6 Å². The Morgan fingerprint density at radius 3 is 2.68 bits per heavy atom. The van der Waals surface area contributed by atoms with Crippen LogP contribution in [0.2, 0.25) is 0 Å².